The Morgan fingerprint density at radius 3 is 2.61 bits per heavy atom. The molecule has 0 amide bonds. The molecule has 1 aromatic heterocycles. The molecule has 3 aromatic rings. The Balaban J connectivity index is 1.66. The van der Waals surface area contributed by atoms with Gasteiger partial charge in [0.05, 0.1) is 11.3 Å². The Labute approximate surface area is 135 Å². The van der Waals surface area contributed by atoms with E-state index >= 15 is 0 Å². The van der Waals surface area contributed by atoms with E-state index in [4.69, 9.17) is 4.74 Å². The second-order valence-corrected chi connectivity index (χ2v) is 5.51. The highest BCUT2D eigenvalue weighted by Gasteiger charge is 2.11. The number of ether oxygens (including phenoxy) is 1. The average Bonchev–Trinajstić information content (AvgIpc) is 3.10. The summed E-state index contributed by atoms with van der Waals surface area (Å²) < 4.78 is 7.20. The second kappa shape index (κ2) is 6.48. The number of rotatable bonds is 4. The molecule has 0 radical (unpaired) electrons. The highest BCUT2D eigenvalue weighted by atomic mass is 16.5. The van der Waals surface area contributed by atoms with Gasteiger partial charge in [-0.3, -0.25) is 0 Å². The summed E-state index contributed by atoms with van der Waals surface area (Å²) in [5, 5.41) is 4.18. The number of aryl methyl sites for hydroxylation is 2. The largest absolute Gasteiger partial charge is 0.457 e. The summed E-state index contributed by atoms with van der Waals surface area (Å²) >= 11 is 0. The van der Waals surface area contributed by atoms with Crippen molar-refractivity contribution in [3.8, 4) is 5.69 Å². The quantitative estimate of drug-likeness (QED) is 0.688. The molecule has 0 N–H and O–H groups in total. The van der Waals surface area contributed by atoms with Crippen LogP contribution in [0.1, 0.15) is 27.0 Å². The van der Waals surface area contributed by atoms with Crippen LogP contribution in [-0.4, -0.2) is 15.7 Å². The molecular weight excluding hydrogens is 288 g/mol. The molecule has 23 heavy (non-hydrogen) atoms. The van der Waals surface area contributed by atoms with Gasteiger partial charge in [-0.25, -0.2) is 9.48 Å². The van der Waals surface area contributed by atoms with Crippen LogP contribution in [0.15, 0.2) is 60.9 Å². The smallest absolute Gasteiger partial charge is 0.338 e. The second-order valence-electron chi connectivity index (χ2n) is 5.51. The molecule has 2 aromatic carbocycles. The predicted molar refractivity (Wildman–Crippen MR) is 88.6 cm³/mol. The fraction of sp³-hybridized carbons (Fsp3) is 0.158. The Hall–Kier alpha value is -2.88. The molecule has 0 spiro atoms. The van der Waals surface area contributed by atoms with Gasteiger partial charge >= 0.3 is 5.97 Å². The number of hydrogen-bond acceptors (Lipinski definition) is 3. The van der Waals surface area contributed by atoms with E-state index in [1.165, 1.54) is 0 Å². The molecule has 0 aliphatic heterocycles. The van der Waals surface area contributed by atoms with Crippen LogP contribution in [0.3, 0.4) is 0 Å². The minimum atomic E-state index is -0.289. The minimum Gasteiger partial charge on any atom is -0.457 e. The molecule has 1 heterocycles. The average molecular weight is 306 g/mol. The number of carbonyl (C=O) groups excluding carboxylic acids is 1. The van der Waals surface area contributed by atoms with Crippen molar-refractivity contribution in [3.63, 3.8) is 0 Å². The molecule has 4 heteroatoms. The molecule has 0 aliphatic rings. The fourth-order valence-electron chi connectivity index (χ4n) is 2.35. The molecule has 0 fully saturated rings. The normalized spacial score (nSPS) is 10.5. The van der Waals surface area contributed by atoms with E-state index in [2.05, 4.69) is 5.10 Å². The maximum absolute atomic E-state index is 12.2. The van der Waals surface area contributed by atoms with Crippen LogP contribution in [0.4, 0.5) is 0 Å². The van der Waals surface area contributed by atoms with Crippen molar-refractivity contribution in [1.82, 2.24) is 9.78 Å². The van der Waals surface area contributed by atoms with E-state index < -0.39 is 0 Å². The third-order valence-corrected chi connectivity index (χ3v) is 3.69. The van der Waals surface area contributed by atoms with Gasteiger partial charge in [0.1, 0.15) is 6.61 Å². The zero-order valence-electron chi connectivity index (χ0n) is 13.2. The van der Waals surface area contributed by atoms with Gasteiger partial charge in [0.15, 0.2) is 0 Å². The molecule has 0 atom stereocenters. The SMILES string of the molecule is Cc1ccc(C)c(C(=O)OCc2ccc(-n3cccn3)cc2)c1. The first-order chi connectivity index (χ1) is 11.1. The summed E-state index contributed by atoms with van der Waals surface area (Å²) in [4.78, 5) is 12.2. The van der Waals surface area contributed by atoms with Crippen molar-refractivity contribution in [2.24, 2.45) is 0 Å². The van der Waals surface area contributed by atoms with Gasteiger partial charge < -0.3 is 4.74 Å². The first kappa shape index (κ1) is 15.0. The van der Waals surface area contributed by atoms with E-state index in [-0.39, 0.29) is 12.6 Å². The fourth-order valence-corrected chi connectivity index (χ4v) is 2.35. The molecule has 0 bridgehead atoms. The molecule has 0 aliphatic carbocycles. The van der Waals surface area contributed by atoms with Crippen molar-refractivity contribution in [2.75, 3.05) is 0 Å². The van der Waals surface area contributed by atoms with Crippen LogP contribution >= 0.6 is 0 Å². The number of aromatic nitrogens is 2. The summed E-state index contributed by atoms with van der Waals surface area (Å²) in [6.45, 7) is 4.13. The highest BCUT2D eigenvalue weighted by molar-refractivity contribution is 5.91. The number of nitrogens with zero attached hydrogens (tertiary/aromatic N) is 2. The summed E-state index contributed by atoms with van der Waals surface area (Å²) in [6.07, 6.45) is 3.62. The zero-order valence-corrected chi connectivity index (χ0v) is 13.2. The number of hydrogen-bond donors (Lipinski definition) is 0. The molecular formula is C19H18N2O2. The van der Waals surface area contributed by atoms with Crippen LogP contribution in [0.2, 0.25) is 0 Å². The van der Waals surface area contributed by atoms with Gasteiger partial charge in [0, 0.05) is 12.4 Å². The van der Waals surface area contributed by atoms with Gasteiger partial charge in [-0.15, -0.1) is 0 Å². The van der Waals surface area contributed by atoms with Crippen LogP contribution < -0.4 is 0 Å². The van der Waals surface area contributed by atoms with E-state index in [9.17, 15) is 4.79 Å². The first-order valence-electron chi connectivity index (χ1n) is 7.47. The van der Waals surface area contributed by atoms with Crippen molar-refractivity contribution in [2.45, 2.75) is 20.5 Å². The Bertz CT molecular complexity index is 806. The lowest BCUT2D eigenvalue weighted by atomic mass is 10.1. The molecule has 4 nitrogen and oxygen atoms in total. The van der Waals surface area contributed by atoms with Crippen LogP contribution in [-0.2, 0) is 11.3 Å². The number of carbonyl (C=O) groups is 1. The van der Waals surface area contributed by atoms with E-state index in [1.807, 2.05) is 68.6 Å². The molecule has 0 saturated heterocycles. The molecule has 0 saturated carbocycles. The maximum atomic E-state index is 12.2. The Morgan fingerprint density at radius 1 is 1.13 bits per heavy atom. The van der Waals surface area contributed by atoms with Crippen molar-refractivity contribution in [3.05, 3.63) is 83.2 Å². The molecule has 116 valence electrons. The van der Waals surface area contributed by atoms with Crippen LogP contribution in [0.5, 0.6) is 0 Å². The van der Waals surface area contributed by atoms with Crippen molar-refractivity contribution >= 4 is 5.97 Å². The standard InChI is InChI=1S/C19H18N2O2/c1-14-4-5-15(2)18(12-14)19(22)23-13-16-6-8-17(9-7-16)21-11-3-10-20-21/h3-12H,13H2,1-2H3. The maximum Gasteiger partial charge on any atom is 0.338 e. The van der Waals surface area contributed by atoms with Gasteiger partial charge in [-0.2, -0.15) is 5.10 Å². The van der Waals surface area contributed by atoms with E-state index in [0.29, 0.717) is 5.56 Å². The molecule has 3 rings (SSSR count). The van der Waals surface area contributed by atoms with Gasteiger partial charge in [-0.1, -0.05) is 29.8 Å². The minimum absolute atomic E-state index is 0.256. The number of benzene rings is 2. The third kappa shape index (κ3) is 3.48. The Kier molecular flexibility index (Phi) is 4.24. The summed E-state index contributed by atoms with van der Waals surface area (Å²) in [7, 11) is 0. The van der Waals surface area contributed by atoms with Gasteiger partial charge in [-0.05, 0) is 49.2 Å². The lowest BCUT2D eigenvalue weighted by Gasteiger charge is -2.09. The lowest BCUT2D eigenvalue weighted by Crippen LogP contribution is -2.07. The van der Waals surface area contributed by atoms with E-state index in [1.54, 1.807) is 10.9 Å². The summed E-state index contributed by atoms with van der Waals surface area (Å²) in [5.41, 5.74) is 4.51. The highest BCUT2D eigenvalue weighted by Crippen LogP contribution is 2.14. The number of esters is 1. The van der Waals surface area contributed by atoms with Gasteiger partial charge in [0.25, 0.3) is 0 Å². The lowest BCUT2D eigenvalue weighted by molar-refractivity contribution is 0.0472. The van der Waals surface area contributed by atoms with Crippen molar-refractivity contribution < 1.29 is 9.53 Å². The summed E-state index contributed by atoms with van der Waals surface area (Å²) in [5.74, 6) is -0.289. The molecule has 0 unspecified atom stereocenters. The van der Waals surface area contributed by atoms with Crippen LogP contribution in [0, 0.1) is 13.8 Å². The van der Waals surface area contributed by atoms with Crippen LogP contribution in [0.25, 0.3) is 5.69 Å². The Morgan fingerprint density at radius 2 is 1.91 bits per heavy atom. The zero-order chi connectivity index (χ0) is 16.2. The predicted octanol–water partition coefficient (Wildman–Crippen LogP) is 3.85. The topological polar surface area (TPSA) is 44.1 Å². The monoisotopic (exact) mass is 306 g/mol. The van der Waals surface area contributed by atoms with Crippen molar-refractivity contribution in [1.29, 1.82) is 0 Å². The first-order valence-corrected chi connectivity index (χ1v) is 7.47. The van der Waals surface area contributed by atoms with Gasteiger partial charge in [0.2, 0.25) is 0 Å². The van der Waals surface area contributed by atoms with E-state index in [0.717, 1.165) is 22.4 Å². The third-order valence-electron chi connectivity index (χ3n) is 3.69. The summed E-state index contributed by atoms with van der Waals surface area (Å²) in [6, 6.07) is 15.4.